The van der Waals surface area contributed by atoms with Gasteiger partial charge >= 0.3 is 0 Å². The Labute approximate surface area is 114 Å². The molecule has 0 spiro atoms. The Morgan fingerprint density at radius 2 is 1.59 bits per heavy atom. The molecule has 1 N–H and O–H groups in total. The highest BCUT2D eigenvalue weighted by Gasteiger charge is 2.09. The Kier molecular flexibility index (Phi) is 4.26. The normalized spacial score (nSPS) is 12.4. The monoisotopic (exact) mass is 308 g/mol. The molecule has 0 aromatic heterocycles. The lowest BCUT2D eigenvalue weighted by Crippen LogP contribution is -1.93. The van der Waals surface area contributed by atoms with Crippen molar-refractivity contribution in [2.45, 2.75) is 22.8 Å². The van der Waals surface area contributed by atoms with E-state index in [4.69, 9.17) is 0 Å². The molecule has 0 saturated heterocycles. The second-order valence-corrected chi connectivity index (χ2v) is 5.68. The summed E-state index contributed by atoms with van der Waals surface area (Å²) in [7, 11) is 0. The van der Waals surface area contributed by atoms with Crippen LogP contribution in [0.15, 0.2) is 62.8 Å². The Balaban J connectivity index is 2.34. The van der Waals surface area contributed by atoms with Gasteiger partial charge in [-0.05, 0) is 46.6 Å². The molecule has 17 heavy (non-hydrogen) atoms. The Bertz CT molecular complexity index is 511. The fourth-order valence-electron chi connectivity index (χ4n) is 1.56. The van der Waals surface area contributed by atoms with Crippen molar-refractivity contribution in [1.29, 1.82) is 0 Å². The minimum absolute atomic E-state index is 0.443. The number of rotatable bonds is 3. The van der Waals surface area contributed by atoms with Crippen LogP contribution >= 0.6 is 27.7 Å². The maximum Gasteiger partial charge on any atom is 0.0772 e. The molecule has 2 aromatic rings. The maximum atomic E-state index is 9.73. The molecule has 0 heterocycles. The van der Waals surface area contributed by atoms with Crippen molar-refractivity contribution in [3.05, 3.63) is 58.6 Å². The molecule has 0 amide bonds. The third kappa shape index (κ3) is 3.12. The minimum Gasteiger partial charge on any atom is -0.389 e. The van der Waals surface area contributed by atoms with Gasteiger partial charge in [0.25, 0.3) is 0 Å². The zero-order chi connectivity index (χ0) is 12.3. The van der Waals surface area contributed by atoms with Gasteiger partial charge in [0, 0.05) is 14.3 Å². The summed E-state index contributed by atoms with van der Waals surface area (Å²) in [6.45, 7) is 1.79. The van der Waals surface area contributed by atoms with Gasteiger partial charge < -0.3 is 5.11 Å². The third-order valence-electron chi connectivity index (χ3n) is 2.43. The molecule has 0 aliphatic rings. The highest BCUT2D eigenvalue weighted by molar-refractivity contribution is 9.10. The summed E-state index contributed by atoms with van der Waals surface area (Å²) in [5.74, 6) is 0. The molecule has 88 valence electrons. The summed E-state index contributed by atoms with van der Waals surface area (Å²) in [6.07, 6.45) is -0.443. The van der Waals surface area contributed by atoms with E-state index in [0.717, 1.165) is 19.8 Å². The molecule has 0 aliphatic heterocycles. The van der Waals surface area contributed by atoms with Crippen LogP contribution in [-0.2, 0) is 0 Å². The quantitative estimate of drug-likeness (QED) is 0.890. The van der Waals surface area contributed by atoms with Gasteiger partial charge in [0.15, 0.2) is 0 Å². The van der Waals surface area contributed by atoms with E-state index < -0.39 is 6.10 Å². The number of aliphatic hydroxyl groups excluding tert-OH is 1. The first-order valence-corrected chi connectivity index (χ1v) is 6.99. The topological polar surface area (TPSA) is 20.2 Å². The van der Waals surface area contributed by atoms with Crippen LogP contribution in [0.2, 0.25) is 0 Å². The number of halogens is 1. The predicted octanol–water partition coefficient (Wildman–Crippen LogP) is 4.65. The van der Waals surface area contributed by atoms with Crippen LogP contribution in [0.5, 0.6) is 0 Å². The molecule has 0 fully saturated rings. The van der Waals surface area contributed by atoms with Gasteiger partial charge in [-0.2, -0.15) is 0 Å². The zero-order valence-corrected chi connectivity index (χ0v) is 11.8. The van der Waals surface area contributed by atoms with Crippen molar-refractivity contribution < 1.29 is 5.11 Å². The van der Waals surface area contributed by atoms with Gasteiger partial charge in [0.05, 0.1) is 6.10 Å². The Hall–Kier alpha value is -0.770. The highest BCUT2D eigenvalue weighted by atomic mass is 79.9. The van der Waals surface area contributed by atoms with Gasteiger partial charge in [0.1, 0.15) is 0 Å². The lowest BCUT2D eigenvalue weighted by molar-refractivity contribution is 0.196. The fourth-order valence-corrected chi connectivity index (χ4v) is 3.14. The first-order valence-electron chi connectivity index (χ1n) is 5.38. The lowest BCUT2D eigenvalue weighted by atomic mass is 10.1. The van der Waals surface area contributed by atoms with E-state index in [-0.39, 0.29) is 0 Å². The van der Waals surface area contributed by atoms with Crippen molar-refractivity contribution in [2.75, 3.05) is 0 Å². The summed E-state index contributed by atoms with van der Waals surface area (Å²) in [5.41, 5.74) is 0.966. The first-order chi connectivity index (χ1) is 8.18. The molecular weight excluding hydrogens is 296 g/mol. The van der Waals surface area contributed by atoms with E-state index in [2.05, 4.69) is 22.0 Å². The lowest BCUT2D eigenvalue weighted by Gasteiger charge is -2.11. The van der Waals surface area contributed by atoms with Crippen LogP contribution in [0.4, 0.5) is 0 Å². The summed E-state index contributed by atoms with van der Waals surface area (Å²) in [6, 6.07) is 16.0. The minimum atomic E-state index is -0.443. The molecular formula is C14H13BrOS. The molecule has 0 aliphatic carbocycles. The average Bonchev–Trinajstić information content (AvgIpc) is 2.32. The van der Waals surface area contributed by atoms with E-state index in [1.165, 1.54) is 0 Å². The van der Waals surface area contributed by atoms with Crippen LogP contribution in [0.25, 0.3) is 0 Å². The first kappa shape index (κ1) is 12.7. The number of hydrogen-bond donors (Lipinski definition) is 1. The molecule has 2 rings (SSSR count). The SMILES string of the molecule is CC(O)c1ccccc1Sc1ccccc1Br. The molecule has 0 bridgehead atoms. The summed E-state index contributed by atoms with van der Waals surface area (Å²) in [4.78, 5) is 2.25. The molecule has 3 heteroatoms. The largest absolute Gasteiger partial charge is 0.389 e. The van der Waals surface area contributed by atoms with Crippen molar-refractivity contribution >= 4 is 27.7 Å². The fraction of sp³-hybridized carbons (Fsp3) is 0.143. The van der Waals surface area contributed by atoms with Crippen molar-refractivity contribution in [3.63, 3.8) is 0 Å². The van der Waals surface area contributed by atoms with Crippen LogP contribution in [0.3, 0.4) is 0 Å². The number of hydrogen-bond acceptors (Lipinski definition) is 2. The summed E-state index contributed by atoms with van der Waals surface area (Å²) in [5, 5.41) is 9.73. The van der Waals surface area contributed by atoms with E-state index >= 15 is 0 Å². The van der Waals surface area contributed by atoms with Crippen molar-refractivity contribution in [1.82, 2.24) is 0 Å². The third-order valence-corrected chi connectivity index (χ3v) is 4.55. The molecule has 1 nitrogen and oxygen atoms in total. The molecule has 0 radical (unpaired) electrons. The number of benzene rings is 2. The maximum absolute atomic E-state index is 9.73. The van der Waals surface area contributed by atoms with Gasteiger partial charge in [-0.25, -0.2) is 0 Å². The molecule has 1 atom stereocenters. The Morgan fingerprint density at radius 1 is 1.00 bits per heavy atom. The predicted molar refractivity (Wildman–Crippen MR) is 75.3 cm³/mol. The smallest absolute Gasteiger partial charge is 0.0772 e. The van der Waals surface area contributed by atoms with E-state index in [1.807, 2.05) is 42.5 Å². The second-order valence-electron chi connectivity index (χ2n) is 3.75. The average molecular weight is 309 g/mol. The van der Waals surface area contributed by atoms with Crippen LogP contribution in [0.1, 0.15) is 18.6 Å². The van der Waals surface area contributed by atoms with Crippen molar-refractivity contribution in [3.8, 4) is 0 Å². The standard InChI is InChI=1S/C14H13BrOS/c1-10(16)11-6-2-4-8-13(11)17-14-9-5-3-7-12(14)15/h2-10,16H,1H3. The second kappa shape index (κ2) is 5.71. The van der Waals surface area contributed by atoms with Crippen LogP contribution in [0, 0.1) is 0 Å². The molecule has 2 aromatic carbocycles. The van der Waals surface area contributed by atoms with Crippen LogP contribution < -0.4 is 0 Å². The zero-order valence-electron chi connectivity index (χ0n) is 9.43. The van der Waals surface area contributed by atoms with Gasteiger partial charge in [-0.15, -0.1) is 0 Å². The van der Waals surface area contributed by atoms with Crippen LogP contribution in [-0.4, -0.2) is 5.11 Å². The number of aliphatic hydroxyl groups is 1. The Morgan fingerprint density at radius 3 is 2.24 bits per heavy atom. The van der Waals surface area contributed by atoms with Gasteiger partial charge in [-0.1, -0.05) is 42.1 Å². The molecule has 1 unspecified atom stereocenters. The highest BCUT2D eigenvalue weighted by Crippen LogP contribution is 2.36. The van der Waals surface area contributed by atoms with Gasteiger partial charge in [0.2, 0.25) is 0 Å². The summed E-state index contributed by atoms with van der Waals surface area (Å²) >= 11 is 5.19. The van der Waals surface area contributed by atoms with E-state index in [0.29, 0.717) is 0 Å². The van der Waals surface area contributed by atoms with E-state index in [9.17, 15) is 5.11 Å². The van der Waals surface area contributed by atoms with Gasteiger partial charge in [-0.3, -0.25) is 0 Å². The van der Waals surface area contributed by atoms with Crippen molar-refractivity contribution in [2.24, 2.45) is 0 Å². The molecule has 0 saturated carbocycles. The van der Waals surface area contributed by atoms with E-state index in [1.54, 1.807) is 18.7 Å². The summed E-state index contributed by atoms with van der Waals surface area (Å²) < 4.78 is 1.07.